The zero-order valence-corrected chi connectivity index (χ0v) is 9.45. The average molecular weight is 217 g/mol. The van der Waals surface area contributed by atoms with Crippen LogP contribution in [-0.2, 0) is 6.54 Å². The molecule has 0 saturated heterocycles. The van der Waals surface area contributed by atoms with Gasteiger partial charge in [0.2, 0.25) is 0 Å². The first-order valence-electron chi connectivity index (χ1n) is 5.16. The number of nitrogens with zero attached hydrogens (tertiary/aromatic N) is 1. The van der Waals surface area contributed by atoms with Gasteiger partial charge in [0.15, 0.2) is 0 Å². The fourth-order valence-corrected chi connectivity index (χ4v) is 1.59. The van der Waals surface area contributed by atoms with Gasteiger partial charge >= 0.3 is 0 Å². The minimum atomic E-state index is 0.727. The molecule has 2 N–H and O–H groups in total. The maximum absolute atomic E-state index is 5.31. The minimum absolute atomic E-state index is 0.727. The Bertz CT molecular complexity index is 451. The first-order chi connectivity index (χ1) is 7.79. The van der Waals surface area contributed by atoms with Crippen molar-refractivity contribution in [1.82, 2.24) is 10.2 Å². The summed E-state index contributed by atoms with van der Waals surface area (Å²) in [6.07, 6.45) is 3.57. The summed E-state index contributed by atoms with van der Waals surface area (Å²) >= 11 is 0. The predicted octanol–water partition coefficient (Wildman–Crippen LogP) is 2.34. The maximum atomic E-state index is 5.31. The Balaban J connectivity index is 2.11. The fraction of sp³-hybridized carbons (Fsp3) is 0.250. The van der Waals surface area contributed by atoms with Gasteiger partial charge in [0.25, 0.3) is 0 Å². The lowest BCUT2D eigenvalue weighted by molar-refractivity contribution is 0.410. The van der Waals surface area contributed by atoms with Crippen molar-refractivity contribution in [3.63, 3.8) is 0 Å². The van der Waals surface area contributed by atoms with Gasteiger partial charge in [0.05, 0.1) is 19.0 Å². The second-order valence-electron chi connectivity index (χ2n) is 3.66. The SMILES string of the molecule is COc1ccc(C)cc1CNc1cn[nH]c1. The van der Waals surface area contributed by atoms with Crippen molar-refractivity contribution in [3.05, 3.63) is 41.7 Å². The molecule has 0 spiro atoms. The monoisotopic (exact) mass is 217 g/mol. The number of anilines is 1. The van der Waals surface area contributed by atoms with E-state index in [1.165, 1.54) is 5.56 Å². The van der Waals surface area contributed by atoms with Crippen molar-refractivity contribution in [2.24, 2.45) is 0 Å². The summed E-state index contributed by atoms with van der Waals surface area (Å²) in [7, 11) is 1.69. The van der Waals surface area contributed by atoms with Crippen LogP contribution in [0.2, 0.25) is 0 Å². The van der Waals surface area contributed by atoms with Gasteiger partial charge in [-0.1, -0.05) is 17.7 Å². The van der Waals surface area contributed by atoms with Crippen molar-refractivity contribution >= 4 is 5.69 Å². The Morgan fingerprint density at radius 1 is 1.44 bits per heavy atom. The van der Waals surface area contributed by atoms with Gasteiger partial charge < -0.3 is 10.1 Å². The summed E-state index contributed by atoms with van der Waals surface area (Å²) in [6, 6.07) is 6.15. The molecule has 1 aromatic carbocycles. The van der Waals surface area contributed by atoms with Gasteiger partial charge in [-0.15, -0.1) is 0 Å². The Labute approximate surface area is 94.6 Å². The topological polar surface area (TPSA) is 49.9 Å². The van der Waals surface area contributed by atoms with E-state index in [1.54, 1.807) is 13.3 Å². The number of methoxy groups -OCH3 is 1. The zero-order chi connectivity index (χ0) is 11.4. The van der Waals surface area contributed by atoms with Crippen molar-refractivity contribution in [1.29, 1.82) is 0 Å². The first kappa shape index (κ1) is 10.5. The summed E-state index contributed by atoms with van der Waals surface area (Å²) in [4.78, 5) is 0. The average Bonchev–Trinajstić information content (AvgIpc) is 2.79. The molecule has 0 radical (unpaired) electrons. The van der Waals surface area contributed by atoms with E-state index in [0.717, 1.165) is 23.5 Å². The highest BCUT2D eigenvalue weighted by Crippen LogP contribution is 2.20. The van der Waals surface area contributed by atoms with E-state index < -0.39 is 0 Å². The molecule has 0 bridgehead atoms. The van der Waals surface area contributed by atoms with E-state index in [2.05, 4.69) is 28.5 Å². The molecular weight excluding hydrogens is 202 g/mol. The van der Waals surface area contributed by atoms with Gasteiger partial charge in [-0.2, -0.15) is 5.10 Å². The van der Waals surface area contributed by atoms with Crippen LogP contribution < -0.4 is 10.1 Å². The Kier molecular flexibility index (Phi) is 3.10. The molecular formula is C12H15N3O. The predicted molar refractivity (Wildman–Crippen MR) is 63.6 cm³/mol. The zero-order valence-electron chi connectivity index (χ0n) is 9.45. The second-order valence-corrected chi connectivity index (χ2v) is 3.66. The summed E-state index contributed by atoms with van der Waals surface area (Å²) < 4.78 is 5.31. The molecule has 0 aliphatic rings. The van der Waals surface area contributed by atoms with Crippen LogP contribution in [0.1, 0.15) is 11.1 Å². The van der Waals surface area contributed by atoms with Gasteiger partial charge in [0.1, 0.15) is 5.75 Å². The van der Waals surface area contributed by atoms with Gasteiger partial charge in [-0.25, -0.2) is 0 Å². The summed E-state index contributed by atoms with van der Waals surface area (Å²) in [5.41, 5.74) is 3.34. The van der Waals surface area contributed by atoms with Crippen LogP contribution >= 0.6 is 0 Å². The second kappa shape index (κ2) is 4.70. The normalized spacial score (nSPS) is 10.1. The lowest BCUT2D eigenvalue weighted by Crippen LogP contribution is -2.01. The largest absolute Gasteiger partial charge is 0.496 e. The standard InChI is InChI=1S/C12H15N3O/c1-9-3-4-12(16-2)10(5-9)6-13-11-7-14-15-8-11/h3-5,7-8,13H,6H2,1-2H3,(H,14,15). The molecule has 1 heterocycles. The van der Waals surface area contributed by atoms with E-state index >= 15 is 0 Å². The van der Waals surface area contributed by atoms with Crippen LogP contribution in [0.4, 0.5) is 5.69 Å². The molecule has 2 aromatic rings. The lowest BCUT2D eigenvalue weighted by Gasteiger charge is -2.10. The third-order valence-electron chi connectivity index (χ3n) is 2.42. The van der Waals surface area contributed by atoms with Crippen molar-refractivity contribution in [2.75, 3.05) is 12.4 Å². The summed E-state index contributed by atoms with van der Waals surface area (Å²) in [6.45, 7) is 2.80. The number of hydrogen-bond acceptors (Lipinski definition) is 3. The third kappa shape index (κ3) is 2.34. The van der Waals surface area contributed by atoms with Crippen molar-refractivity contribution in [3.8, 4) is 5.75 Å². The molecule has 0 amide bonds. The van der Waals surface area contributed by atoms with Crippen LogP contribution in [0, 0.1) is 6.92 Å². The highest BCUT2D eigenvalue weighted by atomic mass is 16.5. The number of hydrogen-bond donors (Lipinski definition) is 2. The number of benzene rings is 1. The number of rotatable bonds is 4. The molecule has 0 unspecified atom stereocenters. The Morgan fingerprint density at radius 3 is 3.00 bits per heavy atom. The van der Waals surface area contributed by atoms with Crippen LogP contribution in [0.15, 0.2) is 30.6 Å². The highest BCUT2D eigenvalue weighted by molar-refractivity contribution is 5.43. The molecule has 0 fully saturated rings. The number of aryl methyl sites for hydroxylation is 1. The molecule has 84 valence electrons. The number of H-pyrrole nitrogens is 1. The van der Waals surface area contributed by atoms with E-state index in [1.807, 2.05) is 18.3 Å². The van der Waals surface area contributed by atoms with Crippen LogP contribution in [0.3, 0.4) is 0 Å². The van der Waals surface area contributed by atoms with E-state index in [-0.39, 0.29) is 0 Å². The van der Waals surface area contributed by atoms with Crippen LogP contribution in [-0.4, -0.2) is 17.3 Å². The number of aromatic nitrogens is 2. The number of nitrogens with one attached hydrogen (secondary N) is 2. The molecule has 0 aliphatic carbocycles. The molecule has 4 nitrogen and oxygen atoms in total. The fourth-order valence-electron chi connectivity index (χ4n) is 1.59. The minimum Gasteiger partial charge on any atom is -0.496 e. The molecule has 0 saturated carbocycles. The quantitative estimate of drug-likeness (QED) is 0.826. The molecule has 16 heavy (non-hydrogen) atoms. The Morgan fingerprint density at radius 2 is 2.31 bits per heavy atom. The smallest absolute Gasteiger partial charge is 0.123 e. The highest BCUT2D eigenvalue weighted by Gasteiger charge is 2.03. The third-order valence-corrected chi connectivity index (χ3v) is 2.42. The number of aromatic amines is 1. The Hall–Kier alpha value is -1.97. The lowest BCUT2D eigenvalue weighted by atomic mass is 10.1. The van der Waals surface area contributed by atoms with Crippen molar-refractivity contribution in [2.45, 2.75) is 13.5 Å². The van der Waals surface area contributed by atoms with Gasteiger partial charge in [0, 0.05) is 18.3 Å². The molecule has 4 heteroatoms. The van der Waals surface area contributed by atoms with E-state index in [0.29, 0.717) is 0 Å². The van der Waals surface area contributed by atoms with E-state index in [4.69, 9.17) is 4.74 Å². The summed E-state index contributed by atoms with van der Waals surface area (Å²) in [5, 5.41) is 9.91. The molecule has 0 atom stereocenters. The van der Waals surface area contributed by atoms with Gasteiger partial charge in [-0.05, 0) is 13.0 Å². The molecule has 1 aromatic heterocycles. The summed E-state index contributed by atoms with van der Waals surface area (Å²) in [5.74, 6) is 0.904. The van der Waals surface area contributed by atoms with Crippen LogP contribution in [0.5, 0.6) is 5.75 Å². The molecule has 0 aliphatic heterocycles. The maximum Gasteiger partial charge on any atom is 0.123 e. The molecule has 2 rings (SSSR count). The van der Waals surface area contributed by atoms with Gasteiger partial charge in [-0.3, -0.25) is 5.10 Å². The number of ether oxygens (including phenoxy) is 1. The van der Waals surface area contributed by atoms with Crippen molar-refractivity contribution < 1.29 is 4.74 Å². The first-order valence-corrected chi connectivity index (χ1v) is 5.16. The van der Waals surface area contributed by atoms with E-state index in [9.17, 15) is 0 Å². The van der Waals surface area contributed by atoms with Crippen LogP contribution in [0.25, 0.3) is 0 Å².